The number of hydrogen-bond acceptors (Lipinski definition) is 1. The molecular weight excluding hydrogens is 228 g/mol. The molecule has 66 valence electrons. The number of nitrogens with zero attached hydrogens (tertiary/aromatic N) is 2. The van der Waals surface area contributed by atoms with Crippen molar-refractivity contribution in [2.45, 2.75) is 5.33 Å². The van der Waals surface area contributed by atoms with Gasteiger partial charge in [-0.2, -0.15) is 0 Å². The van der Waals surface area contributed by atoms with Gasteiger partial charge in [0.15, 0.2) is 0 Å². The summed E-state index contributed by atoms with van der Waals surface area (Å²) in [5.41, 5.74) is 2.44. The Morgan fingerprint density at radius 3 is 2.85 bits per heavy atom. The van der Waals surface area contributed by atoms with E-state index in [1.807, 2.05) is 29.2 Å². The van der Waals surface area contributed by atoms with Crippen molar-refractivity contribution >= 4 is 15.9 Å². The Hall–Kier alpha value is -1.09. The van der Waals surface area contributed by atoms with E-state index in [2.05, 4.69) is 33.0 Å². The molecule has 1 heterocycles. The Bertz CT molecular complexity index is 382. The summed E-state index contributed by atoms with van der Waals surface area (Å²) in [6, 6.07) is 8.25. The largest absolute Gasteiger partial charge is 0.306 e. The van der Waals surface area contributed by atoms with E-state index in [4.69, 9.17) is 0 Å². The molecule has 0 aliphatic rings. The highest BCUT2D eigenvalue weighted by Gasteiger charge is 2.00. The molecule has 0 unspecified atom stereocenters. The lowest BCUT2D eigenvalue weighted by Crippen LogP contribution is -1.94. The third-order valence-electron chi connectivity index (χ3n) is 1.92. The van der Waals surface area contributed by atoms with Crippen LogP contribution in [0.2, 0.25) is 0 Å². The lowest BCUT2D eigenvalue weighted by Gasteiger charge is -2.06. The van der Waals surface area contributed by atoms with E-state index < -0.39 is 0 Å². The van der Waals surface area contributed by atoms with Crippen LogP contribution in [0.3, 0.4) is 0 Å². The molecule has 0 saturated carbocycles. The van der Waals surface area contributed by atoms with Crippen molar-refractivity contribution in [2.75, 3.05) is 0 Å². The van der Waals surface area contributed by atoms with Crippen LogP contribution in [0.4, 0.5) is 0 Å². The monoisotopic (exact) mass is 236 g/mol. The molecule has 0 saturated heterocycles. The molecule has 2 aromatic rings. The molecule has 0 aliphatic heterocycles. The SMILES string of the molecule is BrCc1ccccc1-n1ccnc1. The Morgan fingerprint density at radius 1 is 1.31 bits per heavy atom. The molecule has 0 amide bonds. The average molecular weight is 237 g/mol. The minimum atomic E-state index is 0.862. The van der Waals surface area contributed by atoms with E-state index in [0.29, 0.717) is 0 Å². The first kappa shape index (κ1) is 8.51. The number of halogens is 1. The molecule has 0 bridgehead atoms. The van der Waals surface area contributed by atoms with Crippen molar-refractivity contribution in [3.05, 3.63) is 48.5 Å². The predicted molar refractivity (Wildman–Crippen MR) is 56.2 cm³/mol. The quantitative estimate of drug-likeness (QED) is 0.734. The fourth-order valence-corrected chi connectivity index (χ4v) is 1.75. The zero-order valence-corrected chi connectivity index (χ0v) is 8.61. The van der Waals surface area contributed by atoms with Gasteiger partial charge < -0.3 is 4.57 Å². The van der Waals surface area contributed by atoms with Crippen LogP contribution in [-0.4, -0.2) is 9.55 Å². The molecule has 13 heavy (non-hydrogen) atoms. The lowest BCUT2D eigenvalue weighted by molar-refractivity contribution is 1.04. The van der Waals surface area contributed by atoms with Crippen LogP contribution >= 0.6 is 15.9 Å². The second-order valence-corrected chi connectivity index (χ2v) is 3.29. The van der Waals surface area contributed by atoms with E-state index in [9.17, 15) is 0 Å². The van der Waals surface area contributed by atoms with Gasteiger partial charge >= 0.3 is 0 Å². The average Bonchev–Trinajstić information content (AvgIpc) is 2.70. The highest BCUT2D eigenvalue weighted by atomic mass is 79.9. The van der Waals surface area contributed by atoms with E-state index in [1.165, 1.54) is 11.3 Å². The number of alkyl halides is 1. The van der Waals surface area contributed by atoms with Gasteiger partial charge in [0.25, 0.3) is 0 Å². The molecule has 0 spiro atoms. The van der Waals surface area contributed by atoms with E-state index in [-0.39, 0.29) is 0 Å². The molecule has 0 N–H and O–H groups in total. The molecule has 1 aromatic heterocycles. The molecule has 0 atom stereocenters. The first-order valence-electron chi connectivity index (χ1n) is 4.04. The highest BCUT2D eigenvalue weighted by Crippen LogP contribution is 2.16. The summed E-state index contributed by atoms with van der Waals surface area (Å²) in [5.74, 6) is 0. The minimum Gasteiger partial charge on any atom is -0.306 e. The summed E-state index contributed by atoms with van der Waals surface area (Å²) >= 11 is 3.46. The van der Waals surface area contributed by atoms with Crippen LogP contribution in [-0.2, 0) is 5.33 Å². The van der Waals surface area contributed by atoms with Crippen molar-refractivity contribution in [2.24, 2.45) is 0 Å². The number of hydrogen-bond donors (Lipinski definition) is 0. The van der Waals surface area contributed by atoms with Crippen molar-refractivity contribution in [1.29, 1.82) is 0 Å². The summed E-state index contributed by atoms with van der Waals surface area (Å²) in [6.07, 6.45) is 5.54. The maximum atomic E-state index is 4.02. The first-order chi connectivity index (χ1) is 6.42. The first-order valence-corrected chi connectivity index (χ1v) is 5.16. The van der Waals surface area contributed by atoms with Gasteiger partial charge in [-0.15, -0.1) is 0 Å². The third-order valence-corrected chi connectivity index (χ3v) is 2.52. The maximum Gasteiger partial charge on any atom is 0.0991 e. The third kappa shape index (κ3) is 1.65. The fraction of sp³-hybridized carbons (Fsp3) is 0.100. The number of aromatic nitrogens is 2. The Balaban J connectivity index is 2.51. The molecule has 0 fully saturated rings. The van der Waals surface area contributed by atoms with Gasteiger partial charge in [0.2, 0.25) is 0 Å². The normalized spacial score (nSPS) is 10.2. The fourth-order valence-electron chi connectivity index (χ4n) is 1.28. The van der Waals surface area contributed by atoms with Crippen LogP contribution in [0.1, 0.15) is 5.56 Å². The van der Waals surface area contributed by atoms with Crippen LogP contribution in [0.15, 0.2) is 43.0 Å². The number of imidazole rings is 1. The topological polar surface area (TPSA) is 17.8 Å². The van der Waals surface area contributed by atoms with Crippen molar-refractivity contribution in [1.82, 2.24) is 9.55 Å². The van der Waals surface area contributed by atoms with Crippen LogP contribution < -0.4 is 0 Å². The number of para-hydroxylation sites is 1. The van der Waals surface area contributed by atoms with Gasteiger partial charge in [-0.3, -0.25) is 0 Å². The van der Waals surface area contributed by atoms with Crippen LogP contribution in [0.5, 0.6) is 0 Å². The summed E-state index contributed by atoms with van der Waals surface area (Å²) in [5, 5.41) is 0.862. The smallest absolute Gasteiger partial charge is 0.0991 e. The van der Waals surface area contributed by atoms with E-state index >= 15 is 0 Å². The van der Waals surface area contributed by atoms with Gasteiger partial charge in [0.05, 0.1) is 12.0 Å². The van der Waals surface area contributed by atoms with Gasteiger partial charge in [-0.1, -0.05) is 34.1 Å². The standard InChI is InChI=1S/C10H9BrN2/c11-7-9-3-1-2-4-10(9)13-6-5-12-8-13/h1-6,8H,7H2. The molecule has 2 nitrogen and oxygen atoms in total. The van der Waals surface area contributed by atoms with Crippen molar-refractivity contribution < 1.29 is 0 Å². The summed E-state index contributed by atoms with van der Waals surface area (Å²) < 4.78 is 2.01. The van der Waals surface area contributed by atoms with Crippen molar-refractivity contribution in [3.63, 3.8) is 0 Å². The summed E-state index contributed by atoms with van der Waals surface area (Å²) in [6.45, 7) is 0. The Morgan fingerprint density at radius 2 is 2.15 bits per heavy atom. The molecule has 1 aromatic carbocycles. The van der Waals surface area contributed by atoms with Gasteiger partial charge in [0, 0.05) is 17.7 Å². The predicted octanol–water partition coefficient (Wildman–Crippen LogP) is 2.77. The molecular formula is C10H9BrN2. The molecule has 2 rings (SSSR count). The Labute approximate surface area is 85.4 Å². The summed E-state index contributed by atoms with van der Waals surface area (Å²) in [4.78, 5) is 4.02. The maximum absolute atomic E-state index is 4.02. The van der Waals surface area contributed by atoms with Gasteiger partial charge in [-0.05, 0) is 11.6 Å². The second-order valence-electron chi connectivity index (χ2n) is 2.73. The van der Waals surface area contributed by atoms with Gasteiger partial charge in [-0.25, -0.2) is 4.98 Å². The van der Waals surface area contributed by atoms with E-state index in [1.54, 1.807) is 6.20 Å². The minimum absolute atomic E-state index is 0.862. The molecule has 0 aliphatic carbocycles. The number of rotatable bonds is 2. The summed E-state index contributed by atoms with van der Waals surface area (Å²) in [7, 11) is 0. The van der Waals surface area contributed by atoms with E-state index in [0.717, 1.165) is 5.33 Å². The zero-order valence-electron chi connectivity index (χ0n) is 7.02. The lowest BCUT2D eigenvalue weighted by atomic mass is 10.2. The molecule has 3 heteroatoms. The van der Waals surface area contributed by atoms with Gasteiger partial charge in [0.1, 0.15) is 0 Å². The molecule has 0 radical (unpaired) electrons. The Kier molecular flexibility index (Phi) is 2.45. The second kappa shape index (κ2) is 3.75. The van der Waals surface area contributed by atoms with Crippen LogP contribution in [0, 0.1) is 0 Å². The van der Waals surface area contributed by atoms with Crippen LogP contribution in [0.25, 0.3) is 5.69 Å². The zero-order chi connectivity index (χ0) is 9.10. The number of benzene rings is 1. The van der Waals surface area contributed by atoms with Crippen molar-refractivity contribution in [3.8, 4) is 5.69 Å². The highest BCUT2D eigenvalue weighted by molar-refractivity contribution is 9.08.